The molecule has 0 aromatic rings. The summed E-state index contributed by atoms with van der Waals surface area (Å²) in [5.41, 5.74) is 0.220. The molecule has 0 heterocycles. The van der Waals surface area contributed by atoms with Crippen molar-refractivity contribution in [3.63, 3.8) is 0 Å². The Morgan fingerprint density at radius 2 is 1.88 bits per heavy atom. The highest BCUT2D eigenvalue weighted by molar-refractivity contribution is 8.76. The third kappa shape index (κ3) is 17.8. The van der Waals surface area contributed by atoms with Gasteiger partial charge in [0, 0.05) is 24.8 Å². The van der Waals surface area contributed by atoms with Crippen LogP contribution in [0.1, 0.15) is 53.9 Å². The lowest BCUT2D eigenvalue weighted by Crippen LogP contribution is -2.36. The third-order valence-corrected chi connectivity index (χ3v) is 5.59. The fraction of sp³-hybridized carbons (Fsp3) is 0.833. The van der Waals surface area contributed by atoms with Crippen LogP contribution in [0.25, 0.3) is 0 Å². The number of carbonyl (C=O) groups excluding carboxylic acids is 1. The van der Waals surface area contributed by atoms with Gasteiger partial charge in [-0.3, -0.25) is 0 Å². The Morgan fingerprint density at radius 3 is 2.54 bits per heavy atom. The van der Waals surface area contributed by atoms with Crippen molar-refractivity contribution in [1.29, 1.82) is 0 Å². The van der Waals surface area contributed by atoms with E-state index in [9.17, 15) is 4.79 Å². The van der Waals surface area contributed by atoms with Crippen LogP contribution in [0.5, 0.6) is 0 Å². The molecular formula is C18H34N2O2S2. The van der Waals surface area contributed by atoms with Crippen LogP contribution in [-0.4, -0.2) is 36.9 Å². The van der Waals surface area contributed by atoms with Crippen molar-refractivity contribution >= 4 is 27.6 Å². The average molecular weight is 375 g/mol. The van der Waals surface area contributed by atoms with Crippen molar-refractivity contribution in [2.45, 2.75) is 59.3 Å². The Balaban J connectivity index is 3.40. The smallest absolute Gasteiger partial charge is 0.315 e. The van der Waals surface area contributed by atoms with Crippen LogP contribution in [0.4, 0.5) is 4.79 Å². The van der Waals surface area contributed by atoms with Gasteiger partial charge >= 0.3 is 6.03 Å². The quantitative estimate of drug-likeness (QED) is 0.228. The summed E-state index contributed by atoms with van der Waals surface area (Å²) in [6.45, 7) is 12.4. The van der Waals surface area contributed by atoms with Crippen LogP contribution >= 0.6 is 21.6 Å². The molecule has 0 bridgehead atoms. The molecule has 1 unspecified atom stereocenters. The van der Waals surface area contributed by atoms with Crippen LogP contribution < -0.4 is 10.6 Å². The van der Waals surface area contributed by atoms with Crippen molar-refractivity contribution in [3.05, 3.63) is 0 Å². The first kappa shape index (κ1) is 23.5. The second-order valence-corrected chi connectivity index (χ2v) is 9.12. The zero-order valence-electron chi connectivity index (χ0n) is 15.8. The van der Waals surface area contributed by atoms with Crippen LogP contribution in [0.2, 0.25) is 0 Å². The standard InChI is InChI=1S/C18H34N2O2S2/c1-15(2)9-8-12-20-18(21)19-11-6-7-13-22-17(5)24-23-14-10-16(3)4/h15-17H,6-7,10-14H2,1-5H3,(H2,19,20,21). The molecule has 0 aliphatic heterocycles. The number of unbranched alkanes of at least 4 members (excludes halogenated alkanes) is 1. The van der Waals surface area contributed by atoms with Gasteiger partial charge in [0.1, 0.15) is 5.44 Å². The van der Waals surface area contributed by atoms with Gasteiger partial charge < -0.3 is 15.4 Å². The van der Waals surface area contributed by atoms with Crippen molar-refractivity contribution in [2.75, 3.05) is 25.4 Å². The first-order valence-electron chi connectivity index (χ1n) is 8.81. The van der Waals surface area contributed by atoms with Gasteiger partial charge in [-0.15, -0.1) is 0 Å². The van der Waals surface area contributed by atoms with E-state index in [1.165, 1.54) is 12.2 Å². The highest BCUT2D eigenvalue weighted by atomic mass is 33.1. The SMILES string of the molecule is CC(C)C#CCNC(=O)NCCCCOC(C)SSCCC(C)C. The van der Waals surface area contributed by atoms with Gasteiger partial charge in [-0.25, -0.2) is 4.79 Å². The Labute approximate surface area is 156 Å². The topological polar surface area (TPSA) is 50.4 Å². The molecule has 0 aromatic heterocycles. The first-order valence-corrected chi connectivity index (χ1v) is 11.2. The third-order valence-electron chi connectivity index (χ3n) is 2.92. The fourth-order valence-electron chi connectivity index (χ4n) is 1.58. The summed E-state index contributed by atoms with van der Waals surface area (Å²) in [5.74, 6) is 8.21. The maximum Gasteiger partial charge on any atom is 0.315 e. The second-order valence-electron chi connectivity index (χ2n) is 6.33. The van der Waals surface area contributed by atoms with E-state index < -0.39 is 0 Å². The van der Waals surface area contributed by atoms with Crippen LogP contribution in [0.3, 0.4) is 0 Å². The minimum atomic E-state index is -0.153. The molecule has 0 aliphatic carbocycles. The fourth-order valence-corrected chi connectivity index (χ4v) is 3.90. The van der Waals surface area contributed by atoms with E-state index in [0.29, 0.717) is 19.0 Å². The molecule has 0 aromatic carbocycles. The minimum Gasteiger partial charge on any atom is -0.367 e. The first-order chi connectivity index (χ1) is 11.4. The van der Waals surface area contributed by atoms with Crippen molar-refractivity contribution in [2.24, 2.45) is 11.8 Å². The number of rotatable bonds is 12. The molecule has 24 heavy (non-hydrogen) atoms. The van der Waals surface area contributed by atoms with Crippen molar-refractivity contribution in [1.82, 2.24) is 10.6 Å². The van der Waals surface area contributed by atoms with Crippen molar-refractivity contribution in [3.8, 4) is 11.8 Å². The zero-order chi connectivity index (χ0) is 18.2. The molecule has 2 N–H and O–H groups in total. The number of urea groups is 1. The Kier molecular flexibility index (Phi) is 15.6. The van der Waals surface area contributed by atoms with Crippen LogP contribution in [-0.2, 0) is 4.74 Å². The monoisotopic (exact) mass is 374 g/mol. The summed E-state index contributed by atoms with van der Waals surface area (Å²) in [5, 5.41) is 5.55. The molecule has 0 rings (SSSR count). The average Bonchev–Trinajstić information content (AvgIpc) is 2.51. The summed E-state index contributed by atoms with van der Waals surface area (Å²) in [7, 11) is 3.69. The molecule has 0 saturated carbocycles. The summed E-state index contributed by atoms with van der Waals surface area (Å²) < 4.78 is 5.75. The summed E-state index contributed by atoms with van der Waals surface area (Å²) >= 11 is 0. The maximum absolute atomic E-state index is 11.5. The van der Waals surface area contributed by atoms with E-state index in [-0.39, 0.29) is 11.5 Å². The van der Waals surface area contributed by atoms with Gasteiger partial charge in [0.15, 0.2) is 0 Å². The number of carbonyl (C=O) groups is 1. The number of ether oxygens (including phenoxy) is 1. The van der Waals surface area contributed by atoms with Gasteiger partial charge in [-0.1, -0.05) is 61.1 Å². The molecule has 0 radical (unpaired) electrons. The Bertz CT molecular complexity index is 379. The number of amides is 2. The number of nitrogens with one attached hydrogen (secondary N) is 2. The molecule has 2 amide bonds. The van der Waals surface area contributed by atoms with Gasteiger partial charge in [0.25, 0.3) is 0 Å². The molecule has 0 aliphatic rings. The van der Waals surface area contributed by atoms with E-state index in [1.54, 1.807) is 10.8 Å². The largest absolute Gasteiger partial charge is 0.367 e. The lowest BCUT2D eigenvalue weighted by atomic mass is 10.2. The molecule has 0 saturated heterocycles. The van der Waals surface area contributed by atoms with Crippen molar-refractivity contribution < 1.29 is 9.53 Å². The Morgan fingerprint density at radius 1 is 1.12 bits per heavy atom. The molecule has 0 fully saturated rings. The zero-order valence-corrected chi connectivity index (χ0v) is 17.4. The number of hydrogen-bond acceptors (Lipinski definition) is 4. The minimum absolute atomic E-state index is 0.153. The molecule has 140 valence electrons. The predicted octanol–water partition coefficient (Wildman–Crippen LogP) is 4.52. The normalized spacial score (nSPS) is 12.0. The van der Waals surface area contributed by atoms with E-state index in [1.807, 2.05) is 24.6 Å². The molecular weight excluding hydrogens is 340 g/mol. The molecule has 6 heteroatoms. The molecule has 4 nitrogen and oxygen atoms in total. The highest BCUT2D eigenvalue weighted by Crippen LogP contribution is 2.28. The van der Waals surface area contributed by atoms with E-state index in [0.717, 1.165) is 25.4 Å². The summed E-state index contributed by atoms with van der Waals surface area (Å²) in [4.78, 5) is 11.5. The van der Waals surface area contributed by atoms with Gasteiger partial charge in [-0.05, 0) is 32.1 Å². The van der Waals surface area contributed by atoms with E-state index in [4.69, 9.17) is 4.74 Å². The van der Waals surface area contributed by atoms with Gasteiger partial charge in [0.2, 0.25) is 0 Å². The maximum atomic E-state index is 11.5. The summed E-state index contributed by atoms with van der Waals surface area (Å²) in [6, 6.07) is -0.153. The number of hydrogen-bond donors (Lipinski definition) is 2. The molecule has 0 spiro atoms. The van der Waals surface area contributed by atoms with Crippen LogP contribution in [0, 0.1) is 23.7 Å². The summed E-state index contributed by atoms with van der Waals surface area (Å²) in [6.07, 6.45) is 3.12. The van der Waals surface area contributed by atoms with Gasteiger partial charge in [0.05, 0.1) is 6.54 Å². The highest BCUT2D eigenvalue weighted by Gasteiger charge is 2.04. The lowest BCUT2D eigenvalue weighted by Gasteiger charge is -2.12. The van der Waals surface area contributed by atoms with E-state index in [2.05, 4.69) is 43.2 Å². The van der Waals surface area contributed by atoms with Crippen LogP contribution in [0.15, 0.2) is 0 Å². The molecule has 1 atom stereocenters. The lowest BCUT2D eigenvalue weighted by molar-refractivity contribution is 0.121. The predicted molar refractivity (Wildman–Crippen MR) is 108 cm³/mol. The van der Waals surface area contributed by atoms with Gasteiger partial charge in [-0.2, -0.15) is 0 Å². The van der Waals surface area contributed by atoms with E-state index >= 15 is 0 Å². The Hall–Kier alpha value is -0.510. The second kappa shape index (κ2) is 16.0.